The van der Waals surface area contributed by atoms with E-state index in [0.29, 0.717) is 23.5 Å². The second-order valence-corrected chi connectivity index (χ2v) is 15.7. The van der Waals surface area contributed by atoms with Gasteiger partial charge in [-0.25, -0.2) is 0 Å². The van der Waals surface area contributed by atoms with E-state index >= 15 is 0 Å². The highest BCUT2D eigenvalue weighted by molar-refractivity contribution is 6.74. The molecule has 0 amide bonds. The Morgan fingerprint density at radius 1 is 1.24 bits per heavy atom. The summed E-state index contributed by atoms with van der Waals surface area (Å²) < 4.78 is 19.7. The zero-order chi connectivity index (χ0) is 25.5. The van der Waals surface area contributed by atoms with Gasteiger partial charge in [-0.05, 0) is 61.8 Å². The first-order valence-electron chi connectivity index (χ1n) is 11.4. The largest absolute Gasteiger partial charge is 0.484 e. The Labute approximate surface area is 202 Å². The van der Waals surface area contributed by atoms with Crippen molar-refractivity contribution in [3.63, 3.8) is 0 Å². The Morgan fingerprint density at radius 3 is 2.47 bits per heavy atom. The lowest BCUT2D eigenvalue weighted by molar-refractivity contribution is -0.163. The molecule has 0 N–H and O–H groups in total. The van der Waals surface area contributed by atoms with Gasteiger partial charge in [0.05, 0.1) is 18.2 Å². The smallest absolute Gasteiger partial charge is 0.303 e. The fourth-order valence-corrected chi connectivity index (χ4v) is 4.80. The summed E-state index contributed by atoms with van der Waals surface area (Å²) in [6, 6.07) is 9.97. The maximum absolute atomic E-state index is 13.3. The van der Waals surface area contributed by atoms with E-state index in [1.54, 1.807) is 35.0 Å². The van der Waals surface area contributed by atoms with Gasteiger partial charge in [-0.2, -0.15) is 5.26 Å². The van der Waals surface area contributed by atoms with Crippen LogP contribution in [0.1, 0.15) is 64.3 Å². The van der Waals surface area contributed by atoms with Crippen molar-refractivity contribution in [2.24, 2.45) is 0 Å². The van der Waals surface area contributed by atoms with E-state index in [0.717, 1.165) is 5.56 Å². The average Bonchev–Trinajstić information content (AvgIpc) is 2.72. The number of carbonyl (C=O) groups excluding carboxylic acids is 1. The maximum Gasteiger partial charge on any atom is 0.303 e. The number of hydrogen-bond acceptors (Lipinski definition) is 6. The minimum Gasteiger partial charge on any atom is -0.484 e. The molecule has 0 saturated carbocycles. The lowest BCUT2D eigenvalue weighted by atomic mass is 9.85. The number of rotatable bonds is 5. The van der Waals surface area contributed by atoms with Crippen LogP contribution in [0.25, 0.3) is 0 Å². The molecular weight excluding hydrogens is 448 g/mol. The van der Waals surface area contributed by atoms with E-state index in [4.69, 9.17) is 13.9 Å². The van der Waals surface area contributed by atoms with E-state index in [-0.39, 0.29) is 10.6 Å². The van der Waals surface area contributed by atoms with Crippen molar-refractivity contribution in [3.8, 4) is 11.8 Å². The first-order chi connectivity index (χ1) is 15.7. The average molecular weight is 483 g/mol. The van der Waals surface area contributed by atoms with Crippen LogP contribution in [0.2, 0.25) is 18.1 Å². The molecule has 0 aliphatic carbocycles. The molecule has 0 radical (unpaired) electrons. The number of ether oxygens (including phenoxy) is 2. The summed E-state index contributed by atoms with van der Waals surface area (Å²) in [5.74, 6) is 0.0774. The second kappa shape index (κ2) is 9.04. The highest BCUT2D eigenvalue weighted by atomic mass is 28.4. The number of nitriles is 1. The Bertz CT molecular complexity index is 1190. The summed E-state index contributed by atoms with van der Waals surface area (Å²) in [5, 5.41) is 9.49. The highest BCUT2D eigenvalue weighted by Crippen LogP contribution is 2.43. The molecule has 0 unspecified atom stereocenters. The van der Waals surface area contributed by atoms with E-state index in [1.165, 1.54) is 6.92 Å². The lowest BCUT2D eigenvalue weighted by Crippen LogP contribution is -2.54. The summed E-state index contributed by atoms with van der Waals surface area (Å²) in [4.78, 5) is 25.3. The number of hydrogen-bond donors (Lipinski definition) is 0. The number of pyridine rings is 1. The SMILES string of the molecule is CC(=O)O[C@H]1[C@H](n2ccc(CO[Si](C)(C)C(C)(C)C)cc2=O)c2cc(C#N)ccc2OC1(C)C. The molecule has 8 heteroatoms. The van der Waals surface area contributed by atoms with E-state index < -0.39 is 32.0 Å². The zero-order valence-corrected chi connectivity index (χ0v) is 22.3. The summed E-state index contributed by atoms with van der Waals surface area (Å²) >= 11 is 0. The molecule has 182 valence electrons. The van der Waals surface area contributed by atoms with E-state index in [2.05, 4.69) is 39.9 Å². The molecule has 34 heavy (non-hydrogen) atoms. The van der Waals surface area contributed by atoms with Gasteiger partial charge in [-0.1, -0.05) is 20.8 Å². The molecule has 2 heterocycles. The fourth-order valence-electron chi connectivity index (χ4n) is 3.84. The monoisotopic (exact) mass is 482 g/mol. The number of aromatic nitrogens is 1. The minimum atomic E-state index is -1.97. The van der Waals surface area contributed by atoms with Crippen LogP contribution >= 0.6 is 0 Å². The van der Waals surface area contributed by atoms with Gasteiger partial charge in [0.1, 0.15) is 17.4 Å². The van der Waals surface area contributed by atoms with Crippen molar-refractivity contribution in [3.05, 3.63) is 63.6 Å². The maximum atomic E-state index is 13.3. The molecule has 0 fully saturated rings. The van der Waals surface area contributed by atoms with Gasteiger partial charge in [0, 0.05) is 24.8 Å². The molecule has 1 aromatic heterocycles. The van der Waals surface area contributed by atoms with Gasteiger partial charge >= 0.3 is 5.97 Å². The third kappa shape index (κ3) is 5.11. The van der Waals surface area contributed by atoms with Gasteiger partial charge in [0.15, 0.2) is 14.4 Å². The number of fused-ring (bicyclic) bond motifs is 1. The third-order valence-electron chi connectivity index (χ3n) is 6.81. The van der Waals surface area contributed by atoms with Crippen LogP contribution in [-0.4, -0.2) is 30.6 Å². The highest BCUT2D eigenvalue weighted by Gasteiger charge is 2.47. The van der Waals surface area contributed by atoms with Crippen LogP contribution in [0.5, 0.6) is 5.75 Å². The van der Waals surface area contributed by atoms with Crippen molar-refractivity contribution >= 4 is 14.3 Å². The van der Waals surface area contributed by atoms with Crippen LogP contribution in [0.4, 0.5) is 0 Å². The Hall–Kier alpha value is -2.89. The predicted molar refractivity (Wildman–Crippen MR) is 132 cm³/mol. The molecule has 1 aliphatic rings. The van der Waals surface area contributed by atoms with Crippen molar-refractivity contribution < 1.29 is 18.7 Å². The normalized spacial score (nSPS) is 19.5. The molecule has 1 aliphatic heterocycles. The van der Waals surface area contributed by atoms with Crippen LogP contribution in [0.15, 0.2) is 41.3 Å². The summed E-state index contributed by atoms with van der Waals surface area (Å²) in [5.41, 5.74) is 0.691. The molecule has 0 bridgehead atoms. The number of benzene rings is 1. The zero-order valence-electron chi connectivity index (χ0n) is 21.3. The third-order valence-corrected chi connectivity index (χ3v) is 11.3. The lowest BCUT2D eigenvalue weighted by Gasteiger charge is -2.44. The molecular formula is C26H34N2O5Si. The number of nitrogens with zero attached hydrogens (tertiary/aromatic N) is 2. The second-order valence-electron chi connectivity index (χ2n) is 10.9. The molecule has 0 saturated heterocycles. The van der Waals surface area contributed by atoms with Gasteiger partial charge in [0.25, 0.3) is 5.56 Å². The first-order valence-corrected chi connectivity index (χ1v) is 14.3. The van der Waals surface area contributed by atoms with Crippen LogP contribution in [0.3, 0.4) is 0 Å². The van der Waals surface area contributed by atoms with Crippen LogP contribution in [0, 0.1) is 11.3 Å². The quantitative estimate of drug-likeness (QED) is 0.443. The molecule has 3 rings (SSSR count). The molecule has 2 atom stereocenters. The summed E-state index contributed by atoms with van der Waals surface area (Å²) in [6.45, 7) is 16.2. The number of esters is 1. The molecule has 0 spiro atoms. The first kappa shape index (κ1) is 25.7. The van der Waals surface area contributed by atoms with Gasteiger partial charge in [-0.3, -0.25) is 9.59 Å². The Kier molecular flexibility index (Phi) is 6.84. The molecule has 2 aromatic rings. The Balaban J connectivity index is 2.06. The van der Waals surface area contributed by atoms with Crippen molar-refractivity contribution in [1.82, 2.24) is 4.57 Å². The minimum absolute atomic E-state index is 0.0646. The topological polar surface area (TPSA) is 90.5 Å². The van der Waals surface area contributed by atoms with Gasteiger partial charge in [-0.15, -0.1) is 0 Å². The van der Waals surface area contributed by atoms with Gasteiger partial charge in [0.2, 0.25) is 0 Å². The van der Waals surface area contributed by atoms with E-state index in [1.807, 2.05) is 19.9 Å². The van der Waals surface area contributed by atoms with Gasteiger partial charge < -0.3 is 18.5 Å². The molecule has 1 aromatic carbocycles. The van der Waals surface area contributed by atoms with Crippen LogP contribution < -0.4 is 10.3 Å². The predicted octanol–water partition coefficient (Wildman–Crippen LogP) is 4.93. The Morgan fingerprint density at radius 2 is 1.91 bits per heavy atom. The fraction of sp³-hybridized carbons (Fsp3) is 0.500. The van der Waals surface area contributed by atoms with Crippen molar-refractivity contribution in [2.45, 2.75) is 84.0 Å². The summed E-state index contributed by atoms with van der Waals surface area (Å²) in [6.07, 6.45) is 0.927. The van der Waals surface area contributed by atoms with Crippen molar-refractivity contribution in [2.75, 3.05) is 0 Å². The standard InChI is InChI=1S/C26H34N2O5Si/c1-17(29)32-24-23(20-13-18(15-27)9-10-21(20)33-26(24,5)6)28-12-11-19(14-22(28)30)16-31-34(7,8)25(2,3)4/h9-14,23-24H,16H2,1-8H3/t23-,24+/m1/s1. The number of carbonyl (C=O) groups is 1. The molecule has 7 nitrogen and oxygen atoms in total. The summed E-state index contributed by atoms with van der Waals surface area (Å²) in [7, 11) is -1.97. The van der Waals surface area contributed by atoms with E-state index in [9.17, 15) is 14.9 Å². The van der Waals surface area contributed by atoms with Crippen LogP contribution in [-0.2, 0) is 20.6 Å². The van der Waals surface area contributed by atoms with Crippen molar-refractivity contribution in [1.29, 1.82) is 5.26 Å².